The van der Waals surface area contributed by atoms with Gasteiger partial charge in [-0.25, -0.2) is 4.39 Å². The Morgan fingerprint density at radius 3 is 3.05 bits per heavy atom. The predicted molar refractivity (Wildman–Crippen MR) is 73.3 cm³/mol. The first-order valence-electron chi connectivity index (χ1n) is 6.65. The third-order valence-electron chi connectivity index (χ3n) is 3.11. The maximum atomic E-state index is 13.7. The van der Waals surface area contributed by atoms with Crippen molar-refractivity contribution in [3.8, 4) is 5.75 Å². The van der Waals surface area contributed by atoms with Crippen molar-refractivity contribution in [2.45, 2.75) is 13.0 Å². The average Bonchev–Trinajstić information content (AvgIpc) is 2.39. The van der Waals surface area contributed by atoms with Crippen LogP contribution in [0.1, 0.15) is 6.92 Å². The highest BCUT2D eigenvalue weighted by Crippen LogP contribution is 2.21. The van der Waals surface area contributed by atoms with Gasteiger partial charge < -0.3 is 19.7 Å². The van der Waals surface area contributed by atoms with Crippen LogP contribution in [0.2, 0.25) is 0 Å². The number of nitrogens with zero attached hydrogens (tertiary/aromatic N) is 1. The van der Waals surface area contributed by atoms with Gasteiger partial charge in [-0.15, -0.1) is 0 Å². The first-order valence-corrected chi connectivity index (χ1v) is 6.65. The van der Waals surface area contributed by atoms with Gasteiger partial charge in [-0.05, 0) is 26.1 Å². The first kappa shape index (κ1) is 14.1. The number of rotatable bonds is 5. The molecule has 1 aliphatic rings. The number of anilines is 1. The van der Waals surface area contributed by atoms with Gasteiger partial charge in [-0.3, -0.25) is 0 Å². The molecule has 1 aromatic rings. The second-order valence-electron chi connectivity index (χ2n) is 4.71. The summed E-state index contributed by atoms with van der Waals surface area (Å²) in [4.78, 5) is 2.23. The van der Waals surface area contributed by atoms with Crippen LogP contribution in [-0.4, -0.2) is 50.9 Å². The van der Waals surface area contributed by atoms with E-state index in [0.717, 1.165) is 25.4 Å². The van der Waals surface area contributed by atoms with Crippen LogP contribution in [0, 0.1) is 5.82 Å². The molecule has 0 amide bonds. The van der Waals surface area contributed by atoms with E-state index in [2.05, 4.69) is 17.3 Å². The highest BCUT2D eigenvalue weighted by molar-refractivity contribution is 5.47. The zero-order valence-electron chi connectivity index (χ0n) is 11.5. The Bertz CT molecular complexity index is 414. The summed E-state index contributed by atoms with van der Waals surface area (Å²) >= 11 is 0. The Labute approximate surface area is 113 Å². The summed E-state index contributed by atoms with van der Waals surface area (Å²) in [5, 5.41) is 3.20. The van der Waals surface area contributed by atoms with E-state index in [-0.39, 0.29) is 11.9 Å². The number of hydrogen-bond acceptors (Lipinski definition) is 4. The predicted octanol–water partition coefficient (Wildman–Crippen LogP) is 1.97. The lowest BCUT2D eigenvalue weighted by Crippen LogP contribution is -2.43. The van der Waals surface area contributed by atoms with E-state index in [1.54, 1.807) is 6.07 Å². The summed E-state index contributed by atoms with van der Waals surface area (Å²) in [5.41, 5.74) is 0.748. The van der Waals surface area contributed by atoms with Crippen LogP contribution in [0.4, 0.5) is 10.1 Å². The molecule has 0 saturated carbocycles. The zero-order valence-corrected chi connectivity index (χ0v) is 11.5. The van der Waals surface area contributed by atoms with Gasteiger partial charge in [0.25, 0.3) is 0 Å². The Kier molecular flexibility index (Phi) is 4.99. The number of benzene rings is 1. The molecule has 1 aromatic carbocycles. The van der Waals surface area contributed by atoms with Gasteiger partial charge in [0.1, 0.15) is 0 Å². The van der Waals surface area contributed by atoms with Crippen molar-refractivity contribution in [3.63, 3.8) is 0 Å². The van der Waals surface area contributed by atoms with Crippen LogP contribution in [0.5, 0.6) is 5.75 Å². The van der Waals surface area contributed by atoms with Crippen molar-refractivity contribution in [3.05, 3.63) is 24.0 Å². The molecule has 0 radical (unpaired) electrons. The van der Waals surface area contributed by atoms with Crippen molar-refractivity contribution in [1.29, 1.82) is 0 Å². The summed E-state index contributed by atoms with van der Waals surface area (Å²) in [6.07, 6.45) is 0.147. The second kappa shape index (κ2) is 6.73. The normalized spacial score (nSPS) is 20.3. The quantitative estimate of drug-likeness (QED) is 0.885. The summed E-state index contributed by atoms with van der Waals surface area (Å²) in [6.45, 7) is 5.59. The average molecular weight is 268 g/mol. The molecular weight excluding hydrogens is 247 g/mol. The Morgan fingerprint density at radius 2 is 2.37 bits per heavy atom. The second-order valence-corrected chi connectivity index (χ2v) is 4.71. The van der Waals surface area contributed by atoms with E-state index >= 15 is 0 Å². The fourth-order valence-electron chi connectivity index (χ4n) is 2.11. The lowest BCUT2D eigenvalue weighted by molar-refractivity contribution is -0.0117. The molecular formula is C14H21FN2O2. The highest BCUT2D eigenvalue weighted by atomic mass is 19.1. The Balaban J connectivity index is 1.87. The van der Waals surface area contributed by atoms with Crippen LogP contribution < -0.4 is 10.1 Å². The first-order chi connectivity index (χ1) is 9.19. The molecule has 0 bridgehead atoms. The van der Waals surface area contributed by atoms with Crippen LogP contribution in [-0.2, 0) is 4.74 Å². The molecule has 1 N–H and O–H groups in total. The molecule has 0 aliphatic carbocycles. The van der Waals surface area contributed by atoms with E-state index in [9.17, 15) is 4.39 Å². The van der Waals surface area contributed by atoms with Gasteiger partial charge >= 0.3 is 0 Å². The zero-order chi connectivity index (χ0) is 13.7. The van der Waals surface area contributed by atoms with Crippen LogP contribution in [0.3, 0.4) is 0 Å². The molecule has 19 heavy (non-hydrogen) atoms. The topological polar surface area (TPSA) is 33.7 Å². The van der Waals surface area contributed by atoms with Crippen LogP contribution in [0.25, 0.3) is 0 Å². The van der Waals surface area contributed by atoms with Crippen molar-refractivity contribution in [2.75, 3.05) is 45.2 Å². The SMILES string of the molecule is CCOc1ccc(NCC2CN(C)CCO2)cc1F. The lowest BCUT2D eigenvalue weighted by atomic mass is 10.2. The van der Waals surface area contributed by atoms with E-state index < -0.39 is 0 Å². The monoisotopic (exact) mass is 268 g/mol. The number of halogens is 1. The molecule has 1 heterocycles. The summed E-state index contributed by atoms with van der Waals surface area (Å²) < 4.78 is 24.5. The Hall–Kier alpha value is -1.33. The van der Waals surface area contributed by atoms with E-state index in [0.29, 0.717) is 18.9 Å². The molecule has 1 aliphatic heterocycles. The molecule has 2 rings (SSSR count). The van der Waals surface area contributed by atoms with Crippen molar-refractivity contribution < 1.29 is 13.9 Å². The number of likely N-dealkylation sites (N-methyl/N-ethyl adjacent to an activating group) is 1. The standard InChI is InChI=1S/C14H21FN2O2/c1-3-18-14-5-4-11(8-13(14)15)16-9-12-10-17(2)6-7-19-12/h4-5,8,12,16H,3,6-7,9-10H2,1-2H3. The maximum Gasteiger partial charge on any atom is 0.167 e. The molecule has 1 unspecified atom stereocenters. The third kappa shape index (κ3) is 4.08. The molecule has 5 heteroatoms. The van der Waals surface area contributed by atoms with Gasteiger partial charge in [-0.2, -0.15) is 0 Å². The minimum atomic E-state index is -0.339. The molecule has 1 fully saturated rings. The van der Waals surface area contributed by atoms with E-state index in [1.165, 1.54) is 6.07 Å². The molecule has 4 nitrogen and oxygen atoms in total. The largest absolute Gasteiger partial charge is 0.491 e. The van der Waals surface area contributed by atoms with Gasteiger partial charge in [0.15, 0.2) is 11.6 Å². The van der Waals surface area contributed by atoms with Gasteiger partial charge in [0.2, 0.25) is 0 Å². The van der Waals surface area contributed by atoms with Crippen molar-refractivity contribution in [1.82, 2.24) is 4.90 Å². The van der Waals surface area contributed by atoms with Crippen LogP contribution >= 0.6 is 0 Å². The maximum absolute atomic E-state index is 13.7. The van der Waals surface area contributed by atoms with Gasteiger partial charge in [0, 0.05) is 31.4 Å². The molecule has 0 aromatic heterocycles. The minimum absolute atomic E-state index is 0.147. The van der Waals surface area contributed by atoms with E-state index in [4.69, 9.17) is 9.47 Å². The van der Waals surface area contributed by atoms with Crippen molar-refractivity contribution >= 4 is 5.69 Å². The number of ether oxygens (including phenoxy) is 2. The number of morpholine rings is 1. The summed E-state index contributed by atoms with van der Waals surface area (Å²) in [5.74, 6) is -0.0461. The third-order valence-corrected chi connectivity index (χ3v) is 3.11. The molecule has 106 valence electrons. The van der Waals surface area contributed by atoms with Gasteiger partial charge in [-0.1, -0.05) is 0 Å². The summed E-state index contributed by atoms with van der Waals surface area (Å²) in [7, 11) is 2.08. The smallest absolute Gasteiger partial charge is 0.167 e. The molecule has 1 atom stereocenters. The number of hydrogen-bond donors (Lipinski definition) is 1. The lowest BCUT2D eigenvalue weighted by Gasteiger charge is -2.30. The minimum Gasteiger partial charge on any atom is -0.491 e. The van der Waals surface area contributed by atoms with Gasteiger partial charge in [0.05, 0.1) is 19.3 Å². The highest BCUT2D eigenvalue weighted by Gasteiger charge is 2.17. The molecule has 1 saturated heterocycles. The fraction of sp³-hybridized carbons (Fsp3) is 0.571. The fourth-order valence-corrected chi connectivity index (χ4v) is 2.11. The number of nitrogens with one attached hydrogen (secondary N) is 1. The summed E-state index contributed by atoms with van der Waals surface area (Å²) in [6, 6.07) is 4.92. The molecule has 0 spiro atoms. The Morgan fingerprint density at radius 1 is 1.53 bits per heavy atom. The van der Waals surface area contributed by atoms with E-state index in [1.807, 2.05) is 13.0 Å². The van der Waals surface area contributed by atoms with Crippen LogP contribution in [0.15, 0.2) is 18.2 Å². The van der Waals surface area contributed by atoms with Crippen molar-refractivity contribution in [2.24, 2.45) is 0 Å².